The van der Waals surface area contributed by atoms with Crippen LogP contribution in [0.1, 0.15) is 62.4 Å². The fourth-order valence-electron chi connectivity index (χ4n) is 4.65. The van der Waals surface area contributed by atoms with E-state index in [-0.39, 0.29) is 29.8 Å². The first-order valence-electron chi connectivity index (χ1n) is 11.4. The SMILES string of the molecule is C=CC(=C)C1CC(OCC)CC2(CCN(C(=O)c3ccc(OC(C)C)c(C)c3)CC2)O1. The van der Waals surface area contributed by atoms with Crippen LogP contribution in [-0.4, -0.2) is 54.4 Å². The van der Waals surface area contributed by atoms with Crippen molar-refractivity contribution >= 4 is 5.91 Å². The summed E-state index contributed by atoms with van der Waals surface area (Å²) in [5.41, 5.74) is 2.32. The molecule has 0 N–H and O–H groups in total. The number of carbonyl (C=O) groups is 1. The van der Waals surface area contributed by atoms with Crippen LogP contribution >= 0.6 is 0 Å². The van der Waals surface area contributed by atoms with E-state index in [1.165, 1.54) is 0 Å². The summed E-state index contributed by atoms with van der Waals surface area (Å²) >= 11 is 0. The third kappa shape index (κ3) is 5.58. The van der Waals surface area contributed by atoms with Gasteiger partial charge < -0.3 is 19.1 Å². The molecule has 1 aromatic carbocycles. The van der Waals surface area contributed by atoms with Crippen LogP contribution in [0.2, 0.25) is 0 Å². The molecule has 3 rings (SSSR count). The predicted molar refractivity (Wildman–Crippen MR) is 124 cm³/mol. The Morgan fingerprint density at radius 2 is 2.06 bits per heavy atom. The van der Waals surface area contributed by atoms with Gasteiger partial charge >= 0.3 is 0 Å². The minimum absolute atomic E-state index is 0.0678. The van der Waals surface area contributed by atoms with Crippen molar-refractivity contribution in [2.75, 3.05) is 19.7 Å². The Hall–Kier alpha value is -2.11. The molecule has 2 aliphatic heterocycles. The van der Waals surface area contributed by atoms with Gasteiger partial charge in [0.2, 0.25) is 0 Å². The molecule has 170 valence electrons. The topological polar surface area (TPSA) is 48.0 Å². The molecular formula is C26H37NO4. The Balaban J connectivity index is 1.67. The maximum Gasteiger partial charge on any atom is 0.253 e. The van der Waals surface area contributed by atoms with Crippen molar-refractivity contribution in [3.63, 3.8) is 0 Å². The summed E-state index contributed by atoms with van der Waals surface area (Å²) in [7, 11) is 0. The molecule has 0 aromatic heterocycles. The maximum absolute atomic E-state index is 13.1. The lowest BCUT2D eigenvalue weighted by molar-refractivity contribution is -0.176. The van der Waals surface area contributed by atoms with Gasteiger partial charge in [-0.2, -0.15) is 0 Å². The fourth-order valence-corrected chi connectivity index (χ4v) is 4.65. The van der Waals surface area contributed by atoms with Crippen molar-refractivity contribution in [3.8, 4) is 5.75 Å². The van der Waals surface area contributed by atoms with Gasteiger partial charge in [-0.3, -0.25) is 4.79 Å². The Morgan fingerprint density at radius 3 is 2.65 bits per heavy atom. The maximum atomic E-state index is 13.1. The molecule has 2 fully saturated rings. The summed E-state index contributed by atoms with van der Waals surface area (Å²) in [4.78, 5) is 15.1. The van der Waals surface area contributed by atoms with Crippen LogP contribution in [0.15, 0.2) is 43.0 Å². The molecule has 0 saturated carbocycles. The van der Waals surface area contributed by atoms with Crippen molar-refractivity contribution in [2.45, 2.75) is 77.3 Å². The third-order valence-corrected chi connectivity index (χ3v) is 6.29. The van der Waals surface area contributed by atoms with Crippen LogP contribution in [0.5, 0.6) is 5.75 Å². The molecule has 5 heteroatoms. The zero-order valence-corrected chi connectivity index (χ0v) is 19.5. The van der Waals surface area contributed by atoms with E-state index in [4.69, 9.17) is 14.2 Å². The highest BCUT2D eigenvalue weighted by molar-refractivity contribution is 5.94. The molecule has 2 unspecified atom stereocenters. The number of amides is 1. The second kappa shape index (κ2) is 10.0. The number of ether oxygens (including phenoxy) is 3. The first-order valence-corrected chi connectivity index (χ1v) is 11.4. The molecule has 2 atom stereocenters. The molecule has 0 bridgehead atoms. The smallest absolute Gasteiger partial charge is 0.253 e. The normalized spacial score (nSPS) is 23.1. The van der Waals surface area contributed by atoms with Gasteiger partial charge in [0.15, 0.2) is 0 Å². The molecule has 2 saturated heterocycles. The van der Waals surface area contributed by atoms with Gasteiger partial charge in [-0.1, -0.05) is 19.2 Å². The quantitative estimate of drug-likeness (QED) is 0.569. The number of piperidine rings is 1. The highest BCUT2D eigenvalue weighted by atomic mass is 16.5. The lowest BCUT2D eigenvalue weighted by Gasteiger charge is -2.49. The number of benzene rings is 1. The Morgan fingerprint density at radius 1 is 1.35 bits per heavy atom. The van der Waals surface area contributed by atoms with Crippen molar-refractivity contribution in [1.29, 1.82) is 0 Å². The Bertz CT molecular complexity index is 808. The van der Waals surface area contributed by atoms with Gasteiger partial charge in [0.05, 0.1) is 23.9 Å². The minimum atomic E-state index is -0.267. The van der Waals surface area contributed by atoms with E-state index in [0.717, 1.165) is 42.6 Å². The molecule has 2 aliphatic rings. The predicted octanol–water partition coefficient (Wildman–Crippen LogP) is 5.08. The van der Waals surface area contributed by atoms with E-state index < -0.39 is 0 Å². The average molecular weight is 428 g/mol. The lowest BCUT2D eigenvalue weighted by Crippen LogP contribution is -2.54. The van der Waals surface area contributed by atoms with Gasteiger partial charge in [-0.15, -0.1) is 0 Å². The molecular weight excluding hydrogens is 390 g/mol. The number of nitrogens with zero attached hydrogens (tertiary/aromatic N) is 1. The summed E-state index contributed by atoms with van der Waals surface area (Å²) in [6.45, 7) is 18.0. The van der Waals surface area contributed by atoms with Crippen molar-refractivity contribution < 1.29 is 19.0 Å². The second-order valence-electron chi connectivity index (χ2n) is 9.02. The van der Waals surface area contributed by atoms with Crippen molar-refractivity contribution in [3.05, 3.63) is 54.1 Å². The second-order valence-corrected chi connectivity index (χ2v) is 9.02. The van der Waals surface area contributed by atoms with Crippen LogP contribution < -0.4 is 4.74 Å². The molecule has 0 radical (unpaired) electrons. The van der Waals surface area contributed by atoms with E-state index in [0.29, 0.717) is 25.3 Å². The number of likely N-dealkylation sites (tertiary alicyclic amines) is 1. The first-order chi connectivity index (χ1) is 14.8. The molecule has 1 aromatic rings. The van der Waals surface area contributed by atoms with Gasteiger partial charge in [0, 0.05) is 38.1 Å². The summed E-state index contributed by atoms with van der Waals surface area (Å²) in [5, 5.41) is 0. The first kappa shape index (κ1) is 23.6. The van der Waals surface area contributed by atoms with Crippen molar-refractivity contribution in [1.82, 2.24) is 4.90 Å². The largest absolute Gasteiger partial charge is 0.491 e. The van der Waals surface area contributed by atoms with Gasteiger partial charge in [0.25, 0.3) is 5.91 Å². The lowest BCUT2D eigenvalue weighted by atomic mass is 9.80. The number of rotatable bonds is 7. The summed E-state index contributed by atoms with van der Waals surface area (Å²) in [6, 6.07) is 5.69. The zero-order chi connectivity index (χ0) is 22.6. The van der Waals surface area contributed by atoms with Crippen LogP contribution in [0.4, 0.5) is 0 Å². The molecule has 2 heterocycles. The monoisotopic (exact) mass is 427 g/mol. The summed E-state index contributed by atoms with van der Waals surface area (Å²) < 4.78 is 18.3. The molecule has 5 nitrogen and oxygen atoms in total. The van der Waals surface area contributed by atoms with E-state index >= 15 is 0 Å². The molecule has 1 amide bonds. The van der Waals surface area contributed by atoms with Crippen molar-refractivity contribution in [2.24, 2.45) is 0 Å². The standard InChI is InChI=1S/C26H37NO4/c1-7-19(5)24-16-22(29-8-2)17-26(31-24)11-13-27(14-12-26)25(28)21-9-10-23(20(6)15-21)30-18(3)4/h7,9-10,15,18,22,24H,1,5,8,11-14,16-17H2,2-4,6H3. The highest BCUT2D eigenvalue weighted by Crippen LogP contribution is 2.40. The van der Waals surface area contributed by atoms with E-state index in [9.17, 15) is 4.79 Å². The van der Waals surface area contributed by atoms with Gasteiger partial charge in [0.1, 0.15) is 5.75 Å². The summed E-state index contributed by atoms with van der Waals surface area (Å²) in [5.74, 6) is 0.897. The fraction of sp³-hybridized carbons (Fsp3) is 0.577. The highest BCUT2D eigenvalue weighted by Gasteiger charge is 2.45. The van der Waals surface area contributed by atoms with E-state index in [1.807, 2.05) is 50.8 Å². The molecule has 1 spiro atoms. The minimum Gasteiger partial charge on any atom is -0.491 e. The number of aryl methyl sites for hydroxylation is 1. The van der Waals surface area contributed by atoms with Crippen LogP contribution in [0, 0.1) is 6.92 Å². The third-order valence-electron chi connectivity index (χ3n) is 6.29. The number of hydrogen-bond acceptors (Lipinski definition) is 4. The Labute approximate surface area is 187 Å². The van der Waals surface area contributed by atoms with Crippen LogP contribution in [0.3, 0.4) is 0 Å². The van der Waals surface area contributed by atoms with Gasteiger partial charge in [-0.25, -0.2) is 0 Å². The number of hydrogen-bond donors (Lipinski definition) is 0. The number of carbonyl (C=O) groups excluding carboxylic acids is 1. The molecule has 31 heavy (non-hydrogen) atoms. The molecule has 0 aliphatic carbocycles. The van der Waals surface area contributed by atoms with Crippen LogP contribution in [-0.2, 0) is 9.47 Å². The summed E-state index contributed by atoms with van der Waals surface area (Å²) in [6.07, 6.45) is 5.25. The van der Waals surface area contributed by atoms with E-state index in [2.05, 4.69) is 13.2 Å². The Kier molecular flexibility index (Phi) is 7.60. The zero-order valence-electron chi connectivity index (χ0n) is 19.5. The van der Waals surface area contributed by atoms with Gasteiger partial charge in [-0.05, 0) is 69.9 Å². The average Bonchev–Trinajstić information content (AvgIpc) is 2.74. The van der Waals surface area contributed by atoms with Crippen LogP contribution in [0.25, 0.3) is 0 Å². The van der Waals surface area contributed by atoms with E-state index in [1.54, 1.807) is 6.08 Å².